The highest BCUT2D eigenvalue weighted by Gasteiger charge is 2.32. The fraction of sp³-hybridized carbons (Fsp3) is 0.538. The van der Waals surface area contributed by atoms with Crippen molar-refractivity contribution in [1.29, 1.82) is 0 Å². The number of rotatable bonds is 1. The van der Waals surface area contributed by atoms with Gasteiger partial charge in [-0.2, -0.15) is 0 Å². The Hall–Kier alpha value is -0.710. The van der Waals surface area contributed by atoms with E-state index in [4.69, 9.17) is 6.42 Å². The van der Waals surface area contributed by atoms with Gasteiger partial charge in [-0.15, -0.1) is 18.8 Å². The lowest BCUT2D eigenvalue weighted by molar-refractivity contribution is 0.256. The third-order valence-electron chi connectivity index (χ3n) is 3.40. The summed E-state index contributed by atoms with van der Waals surface area (Å²) in [6.07, 6.45) is 13.7. The second-order valence-electron chi connectivity index (χ2n) is 4.38. The predicted molar refractivity (Wildman–Crippen MR) is 67.1 cm³/mol. The van der Waals surface area contributed by atoms with E-state index < -0.39 is 0 Å². The van der Waals surface area contributed by atoms with E-state index in [0.717, 1.165) is 11.6 Å². The van der Waals surface area contributed by atoms with E-state index in [1.54, 1.807) is 0 Å². The molecule has 0 aliphatic carbocycles. The van der Waals surface area contributed by atoms with Crippen molar-refractivity contribution in [3.63, 3.8) is 0 Å². The van der Waals surface area contributed by atoms with E-state index in [2.05, 4.69) is 30.0 Å². The molecule has 0 aromatic rings. The van der Waals surface area contributed by atoms with E-state index in [1.807, 2.05) is 6.92 Å². The summed E-state index contributed by atoms with van der Waals surface area (Å²) in [6.45, 7) is 2.00. The number of terminal acetylenes is 1. The first kappa shape index (κ1) is 12.4. The Morgan fingerprint density at radius 2 is 2.33 bits per heavy atom. The van der Waals surface area contributed by atoms with Crippen LogP contribution in [0.15, 0.2) is 23.3 Å². The van der Waals surface area contributed by atoms with Gasteiger partial charge < -0.3 is 0 Å². The minimum Gasteiger partial charge on any atom is -0.297 e. The molecule has 2 rings (SSSR count). The van der Waals surface area contributed by atoms with E-state index in [1.165, 1.54) is 24.8 Å². The van der Waals surface area contributed by atoms with Crippen LogP contribution in [-0.4, -0.2) is 24.0 Å². The standard InChI is InChI=1S/C13H17N.ClH/c1-4-10(2)7-11-8-12-5-6-13(9-11)14(12)3;/h1,7-8,12-13H,5-6,9H2,2-3H3;1H. The van der Waals surface area contributed by atoms with Gasteiger partial charge in [0.05, 0.1) is 0 Å². The minimum absolute atomic E-state index is 0. The molecule has 1 nitrogen and oxygen atoms in total. The molecule has 0 amide bonds. The van der Waals surface area contributed by atoms with Crippen LogP contribution in [0.1, 0.15) is 26.2 Å². The highest BCUT2D eigenvalue weighted by molar-refractivity contribution is 5.85. The molecule has 2 aliphatic rings. The molecule has 2 unspecified atom stereocenters. The van der Waals surface area contributed by atoms with Crippen molar-refractivity contribution in [2.45, 2.75) is 38.3 Å². The molecule has 1 fully saturated rings. The highest BCUT2D eigenvalue weighted by atomic mass is 35.5. The average molecular weight is 224 g/mol. The van der Waals surface area contributed by atoms with Crippen LogP contribution in [0.5, 0.6) is 0 Å². The summed E-state index contributed by atoms with van der Waals surface area (Å²) in [5.41, 5.74) is 2.48. The topological polar surface area (TPSA) is 3.24 Å². The minimum atomic E-state index is 0. The summed E-state index contributed by atoms with van der Waals surface area (Å²) in [6, 6.07) is 1.41. The molecule has 2 heteroatoms. The molecule has 82 valence electrons. The smallest absolute Gasteiger partial charge is 0.0284 e. The van der Waals surface area contributed by atoms with Crippen LogP contribution in [0.4, 0.5) is 0 Å². The molecule has 0 N–H and O–H groups in total. The van der Waals surface area contributed by atoms with Gasteiger partial charge in [0.25, 0.3) is 0 Å². The van der Waals surface area contributed by atoms with Crippen molar-refractivity contribution in [2.75, 3.05) is 7.05 Å². The Balaban J connectivity index is 0.00000112. The zero-order chi connectivity index (χ0) is 10.1. The van der Waals surface area contributed by atoms with E-state index in [9.17, 15) is 0 Å². The third kappa shape index (κ3) is 2.45. The largest absolute Gasteiger partial charge is 0.297 e. The van der Waals surface area contributed by atoms with Crippen LogP contribution in [0.25, 0.3) is 0 Å². The number of fused-ring (bicyclic) bond motifs is 2. The molecular weight excluding hydrogens is 206 g/mol. The summed E-state index contributed by atoms with van der Waals surface area (Å²) >= 11 is 0. The first-order valence-electron chi connectivity index (χ1n) is 5.28. The molecule has 0 radical (unpaired) electrons. The molecule has 2 bridgehead atoms. The highest BCUT2D eigenvalue weighted by Crippen LogP contribution is 2.33. The fourth-order valence-corrected chi connectivity index (χ4v) is 2.50. The van der Waals surface area contributed by atoms with Gasteiger partial charge >= 0.3 is 0 Å². The average Bonchev–Trinajstić information content (AvgIpc) is 2.42. The number of hydrogen-bond acceptors (Lipinski definition) is 1. The number of allylic oxidation sites excluding steroid dienone is 2. The van der Waals surface area contributed by atoms with Gasteiger partial charge in [-0.1, -0.05) is 12.0 Å². The summed E-state index contributed by atoms with van der Waals surface area (Å²) in [5.74, 6) is 2.68. The SMILES string of the molecule is C#CC(C)=CC1=CC2CCC(C1)N2C.Cl. The van der Waals surface area contributed by atoms with Gasteiger partial charge in [-0.25, -0.2) is 0 Å². The van der Waals surface area contributed by atoms with Crippen LogP contribution in [0.2, 0.25) is 0 Å². The predicted octanol–water partition coefficient (Wildman–Crippen LogP) is 2.78. The van der Waals surface area contributed by atoms with Gasteiger partial charge in [0, 0.05) is 12.1 Å². The van der Waals surface area contributed by atoms with E-state index >= 15 is 0 Å². The Bertz CT molecular complexity index is 335. The van der Waals surface area contributed by atoms with Crippen LogP contribution in [0.3, 0.4) is 0 Å². The van der Waals surface area contributed by atoms with Crippen molar-refractivity contribution < 1.29 is 0 Å². The van der Waals surface area contributed by atoms with Gasteiger partial charge in [0.15, 0.2) is 0 Å². The summed E-state index contributed by atoms with van der Waals surface area (Å²) in [5, 5.41) is 0. The maximum atomic E-state index is 5.35. The molecule has 0 aromatic heterocycles. The van der Waals surface area contributed by atoms with Crippen LogP contribution < -0.4 is 0 Å². The Kier molecular flexibility index (Phi) is 4.02. The lowest BCUT2D eigenvalue weighted by atomic mass is 10.00. The first-order chi connectivity index (χ1) is 6.70. The number of hydrogen-bond donors (Lipinski definition) is 0. The van der Waals surface area contributed by atoms with Crippen molar-refractivity contribution in [1.82, 2.24) is 4.90 Å². The monoisotopic (exact) mass is 223 g/mol. The van der Waals surface area contributed by atoms with Gasteiger partial charge in [0.1, 0.15) is 0 Å². The van der Waals surface area contributed by atoms with E-state index in [-0.39, 0.29) is 12.4 Å². The summed E-state index contributed by atoms with van der Waals surface area (Å²) in [4.78, 5) is 2.49. The molecule has 0 aromatic carbocycles. The number of nitrogens with zero attached hydrogens (tertiary/aromatic N) is 1. The van der Waals surface area contributed by atoms with Crippen LogP contribution >= 0.6 is 12.4 Å². The molecule has 2 aliphatic heterocycles. The van der Waals surface area contributed by atoms with Crippen LogP contribution in [0, 0.1) is 12.3 Å². The molecule has 2 heterocycles. The molecule has 2 atom stereocenters. The normalized spacial score (nSPS) is 30.5. The Morgan fingerprint density at radius 1 is 1.60 bits per heavy atom. The summed E-state index contributed by atoms with van der Waals surface area (Å²) < 4.78 is 0. The lowest BCUT2D eigenvalue weighted by Gasteiger charge is -2.29. The zero-order valence-electron chi connectivity index (χ0n) is 9.36. The molecule has 0 spiro atoms. The zero-order valence-corrected chi connectivity index (χ0v) is 10.2. The lowest BCUT2D eigenvalue weighted by Crippen LogP contribution is -2.34. The van der Waals surface area contributed by atoms with Crippen molar-refractivity contribution >= 4 is 12.4 Å². The Labute approximate surface area is 98.6 Å². The van der Waals surface area contributed by atoms with Crippen LogP contribution in [-0.2, 0) is 0 Å². The van der Waals surface area contributed by atoms with Crippen molar-refractivity contribution in [3.05, 3.63) is 23.3 Å². The van der Waals surface area contributed by atoms with Gasteiger partial charge in [0.2, 0.25) is 0 Å². The Morgan fingerprint density at radius 3 is 2.93 bits per heavy atom. The quantitative estimate of drug-likeness (QED) is 0.618. The molecule has 0 saturated carbocycles. The molecule has 1 saturated heterocycles. The maximum Gasteiger partial charge on any atom is 0.0284 e. The molecular formula is C13H18ClN. The third-order valence-corrected chi connectivity index (χ3v) is 3.40. The maximum absolute atomic E-state index is 5.35. The van der Waals surface area contributed by atoms with Crippen molar-refractivity contribution in [3.8, 4) is 12.3 Å². The van der Waals surface area contributed by atoms with Gasteiger partial charge in [-0.05, 0) is 50.5 Å². The van der Waals surface area contributed by atoms with Gasteiger partial charge in [-0.3, -0.25) is 4.90 Å². The van der Waals surface area contributed by atoms with E-state index in [0.29, 0.717) is 6.04 Å². The second kappa shape index (κ2) is 4.88. The second-order valence-corrected chi connectivity index (χ2v) is 4.38. The number of likely N-dealkylation sites (N-methyl/N-ethyl adjacent to an activating group) is 1. The first-order valence-corrected chi connectivity index (χ1v) is 5.28. The molecule has 15 heavy (non-hydrogen) atoms. The fourth-order valence-electron chi connectivity index (χ4n) is 2.50. The number of halogens is 1. The van der Waals surface area contributed by atoms with Crippen molar-refractivity contribution in [2.24, 2.45) is 0 Å². The summed E-state index contributed by atoms with van der Waals surface area (Å²) in [7, 11) is 2.23.